The summed E-state index contributed by atoms with van der Waals surface area (Å²) >= 11 is 3.44. The summed E-state index contributed by atoms with van der Waals surface area (Å²) in [7, 11) is 0. The van der Waals surface area contributed by atoms with Crippen molar-refractivity contribution in [3.63, 3.8) is 0 Å². The van der Waals surface area contributed by atoms with Gasteiger partial charge in [0.15, 0.2) is 0 Å². The number of carboxylic acid groups (broad SMARTS) is 1. The molecule has 0 amide bonds. The molecule has 1 N–H and O–H groups in total. The minimum Gasteiger partial charge on any atom is -0.475 e. The zero-order valence-electron chi connectivity index (χ0n) is 9.98. The summed E-state index contributed by atoms with van der Waals surface area (Å²) in [5, 5.41) is 12.6. The molecular weight excluding hydrogens is 298 g/mol. The van der Waals surface area contributed by atoms with Gasteiger partial charge in [0.2, 0.25) is 5.76 Å². The molecule has 1 aromatic heterocycles. The second-order valence-corrected chi connectivity index (χ2v) is 5.23. The number of hydrogen-bond donors (Lipinski definition) is 1. The molecule has 0 aliphatic carbocycles. The summed E-state index contributed by atoms with van der Waals surface area (Å²) in [4.78, 5) is 10.7. The lowest BCUT2D eigenvalue weighted by Gasteiger charge is -2.07. The van der Waals surface area contributed by atoms with Crippen LogP contribution in [0, 0.1) is 0 Å². The topological polar surface area (TPSA) is 63.3 Å². The highest BCUT2D eigenvalue weighted by Crippen LogP contribution is 2.28. The van der Waals surface area contributed by atoms with E-state index >= 15 is 0 Å². The van der Waals surface area contributed by atoms with Crippen molar-refractivity contribution < 1.29 is 14.4 Å². The van der Waals surface area contributed by atoms with Crippen LogP contribution in [-0.4, -0.2) is 16.2 Å². The average molecular weight is 310 g/mol. The molecule has 0 unspecified atom stereocenters. The Morgan fingerprint density at radius 1 is 1.33 bits per heavy atom. The van der Waals surface area contributed by atoms with E-state index in [9.17, 15) is 4.79 Å². The molecule has 0 fully saturated rings. The zero-order valence-corrected chi connectivity index (χ0v) is 11.6. The van der Waals surface area contributed by atoms with Gasteiger partial charge in [-0.05, 0) is 29.7 Å². The third-order valence-corrected chi connectivity index (χ3v) is 3.06. The van der Waals surface area contributed by atoms with Crippen molar-refractivity contribution in [1.29, 1.82) is 0 Å². The lowest BCUT2D eigenvalue weighted by Crippen LogP contribution is -1.91. The molecule has 0 saturated heterocycles. The molecular formula is C13H12BrNO3. The van der Waals surface area contributed by atoms with Crippen molar-refractivity contribution >= 4 is 21.9 Å². The molecule has 94 valence electrons. The molecule has 18 heavy (non-hydrogen) atoms. The van der Waals surface area contributed by atoms with Gasteiger partial charge in [0.25, 0.3) is 0 Å². The number of nitrogens with zero attached hydrogens (tertiary/aromatic N) is 1. The van der Waals surface area contributed by atoms with E-state index in [1.54, 1.807) is 0 Å². The molecule has 2 aromatic rings. The fraction of sp³-hybridized carbons (Fsp3) is 0.231. The number of halogens is 1. The SMILES string of the molecule is CC(C)c1cc(Br)cc(-c2cc(C(=O)O)on2)c1. The van der Waals surface area contributed by atoms with Crippen molar-refractivity contribution in [2.24, 2.45) is 0 Å². The highest BCUT2D eigenvalue weighted by molar-refractivity contribution is 9.10. The van der Waals surface area contributed by atoms with Crippen LogP contribution in [0.1, 0.15) is 35.9 Å². The Morgan fingerprint density at radius 3 is 2.61 bits per heavy atom. The Morgan fingerprint density at radius 2 is 2.06 bits per heavy atom. The summed E-state index contributed by atoms with van der Waals surface area (Å²) in [5.74, 6) is -0.893. The van der Waals surface area contributed by atoms with E-state index in [0.717, 1.165) is 15.6 Å². The van der Waals surface area contributed by atoms with E-state index in [0.29, 0.717) is 11.6 Å². The van der Waals surface area contributed by atoms with Crippen LogP contribution in [0.5, 0.6) is 0 Å². The van der Waals surface area contributed by atoms with E-state index in [2.05, 4.69) is 34.9 Å². The van der Waals surface area contributed by atoms with Crippen LogP contribution in [0.2, 0.25) is 0 Å². The van der Waals surface area contributed by atoms with Crippen molar-refractivity contribution in [3.8, 4) is 11.3 Å². The van der Waals surface area contributed by atoms with E-state index in [1.807, 2.05) is 18.2 Å². The number of benzene rings is 1. The minimum atomic E-state index is -1.12. The Labute approximate surface area is 113 Å². The molecule has 1 heterocycles. The van der Waals surface area contributed by atoms with Crippen LogP contribution in [0.25, 0.3) is 11.3 Å². The van der Waals surface area contributed by atoms with Crippen molar-refractivity contribution in [2.75, 3.05) is 0 Å². The number of carboxylic acids is 1. The summed E-state index contributed by atoms with van der Waals surface area (Å²) in [5.41, 5.74) is 2.51. The van der Waals surface area contributed by atoms with Gasteiger partial charge in [-0.1, -0.05) is 34.9 Å². The Hall–Kier alpha value is -1.62. The van der Waals surface area contributed by atoms with Crippen LogP contribution in [0.15, 0.2) is 33.3 Å². The Balaban J connectivity index is 2.46. The fourth-order valence-corrected chi connectivity index (χ4v) is 2.12. The van der Waals surface area contributed by atoms with Crippen LogP contribution >= 0.6 is 15.9 Å². The molecule has 0 atom stereocenters. The first-order valence-electron chi connectivity index (χ1n) is 5.48. The van der Waals surface area contributed by atoms with Gasteiger partial charge >= 0.3 is 5.97 Å². The van der Waals surface area contributed by atoms with E-state index < -0.39 is 5.97 Å². The molecule has 2 rings (SSSR count). The first-order valence-corrected chi connectivity index (χ1v) is 6.27. The zero-order chi connectivity index (χ0) is 13.3. The third-order valence-electron chi connectivity index (χ3n) is 2.60. The number of hydrogen-bond acceptors (Lipinski definition) is 3. The quantitative estimate of drug-likeness (QED) is 0.933. The third kappa shape index (κ3) is 2.61. The molecule has 1 aromatic carbocycles. The smallest absolute Gasteiger partial charge is 0.374 e. The number of carbonyl (C=O) groups is 1. The standard InChI is InChI=1S/C13H12BrNO3/c1-7(2)8-3-9(5-10(14)4-8)11-6-12(13(16)17)18-15-11/h3-7H,1-2H3,(H,16,17). The number of rotatable bonds is 3. The van der Waals surface area contributed by atoms with Crippen LogP contribution in [-0.2, 0) is 0 Å². The molecule has 5 heteroatoms. The highest BCUT2D eigenvalue weighted by Gasteiger charge is 2.13. The summed E-state index contributed by atoms with van der Waals surface area (Å²) in [6.45, 7) is 4.19. The predicted octanol–water partition coefficient (Wildman–Crippen LogP) is 3.93. The molecule has 0 aliphatic rings. The minimum absolute atomic E-state index is 0.156. The Kier molecular flexibility index (Phi) is 3.52. The van der Waals surface area contributed by atoms with Crippen molar-refractivity contribution in [1.82, 2.24) is 5.16 Å². The van der Waals surface area contributed by atoms with Gasteiger partial charge in [0.1, 0.15) is 5.69 Å². The van der Waals surface area contributed by atoms with Gasteiger partial charge in [-0.15, -0.1) is 0 Å². The van der Waals surface area contributed by atoms with Crippen molar-refractivity contribution in [2.45, 2.75) is 19.8 Å². The molecule has 0 spiro atoms. The number of aromatic carboxylic acids is 1. The lowest BCUT2D eigenvalue weighted by atomic mass is 10.00. The van der Waals surface area contributed by atoms with Gasteiger partial charge in [0, 0.05) is 16.1 Å². The second-order valence-electron chi connectivity index (χ2n) is 4.31. The molecule has 0 bridgehead atoms. The monoisotopic (exact) mass is 309 g/mol. The van der Waals surface area contributed by atoms with Crippen LogP contribution < -0.4 is 0 Å². The summed E-state index contributed by atoms with van der Waals surface area (Å²) < 4.78 is 5.69. The normalized spacial score (nSPS) is 10.9. The maximum Gasteiger partial charge on any atom is 0.374 e. The second kappa shape index (κ2) is 4.94. The maximum atomic E-state index is 10.7. The first-order chi connectivity index (χ1) is 8.47. The molecule has 0 aliphatic heterocycles. The van der Waals surface area contributed by atoms with E-state index in [4.69, 9.17) is 9.63 Å². The maximum absolute atomic E-state index is 10.7. The fourth-order valence-electron chi connectivity index (χ4n) is 1.61. The highest BCUT2D eigenvalue weighted by atomic mass is 79.9. The lowest BCUT2D eigenvalue weighted by molar-refractivity contribution is 0.0652. The molecule has 4 nitrogen and oxygen atoms in total. The number of aromatic nitrogens is 1. The Bertz CT molecular complexity index is 590. The predicted molar refractivity (Wildman–Crippen MR) is 70.7 cm³/mol. The van der Waals surface area contributed by atoms with Crippen LogP contribution in [0.4, 0.5) is 0 Å². The van der Waals surface area contributed by atoms with Crippen LogP contribution in [0.3, 0.4) is 0 Å². The summed E-state index contributed by atoms with van der Waals surface area (Å²) in [6, 6.07) is 7.33. The van der Waals surface area contributed by atoms with Gasteiger partial charge in [0.05, 0.1) is 0 Å². The first kappa shape index (κ1) is 12.8. The largest absolute Gasteiger partial charge is 0.475 e. The van der Waals surface area contributed by atoms with E-state index in [1.165, 1.54) is 6.07 Å². The molecule has 0 radical (unpaired) electrons. The van der Waals surface area contributed by atoms with Gasteiger partial charge in [-0.25, -0.2) is 4.79 Å². The van der Waals surface area contributed by atoms with Gasteiger partial charge < -0.3 is 9.63 Å². The van der Waals surface area contributed by atoms with Gasteiger partial charge in [-0.3, -0.25) is 0 Å². The summed E-state index contributed by atoms with van der Waals surface area (Å²) in [6.07, 6.45) is 0. The molecule has 0 saturated carbocycles. The average Bonchev–Trinajstić information content (AvgIpc) is 2.77. The van der Waals surface area contributed by atoms with Crippen molar-refractivity contribution in [3.05, 3.63) is 40.1 Å². The van der Waals surface area contributed by atoms with Gasteiger partial charge in [-0.2, -0.15) is 0 Å². The van der Waals surface area contributed by atoms with E-state index in [-0.39, 0.29) is 5.76 Å².